The van der Waals surface area contributed by atoms with Crippen LogP contribution in [0.2, 0.25) is 0 Å². The Kier molecular flexibility index (Phi) is 5.12. The van der Waals surface area contributed by atoms with Crippen molar-refractivity contribution in [1.29, 1.82) is 0 Å². The van der Waals surface area contributed by atoms with E-state index in [4.69, 9.17) is 5.11 Å². The van der Waals surface area contributed by atoms with Crippen LogP contribution in [0, 0.1) is 11.8 Å². The van der Waals surface area contributed by atoms with Crippen molar-refractivity contribution in [2.24, 2.45) is 11.8 Å². The summed E-state index contributed by atoms with van der Waals surface area (Å²) in [7, 11) is 0. The fourth-order valence-corrected chi connectivity index (χ4v) is 3.13. The van der Waals surface area contributed by atoms with Crippen LogP contribution in [0.25, 0.3) is 0 Å². The SMILES string of the molecule is CC(NC(=O)[C@@H]1CC[C@H](C(=O)O)C1)c1ccc(C(C)(C)C)cc1. The van der Waals surface area contributed by atoms with Gasteiger partial charge in [-0.1, -0.05) is 45.0 Å². The molecule has 0 heterocycles. The molecule has 0 spiro atoms. The summed E-state index contributed by atoms with van der Waals surface area (Å²) in [4.78, 5) is 23.3. The molecule has 1 saturated carbocycles. The van der Waals surface area contributed by atoms with Gasteiger partial charge in [0.2, 0.25) is 5.91 Å². The fourth-order valence-electron chi connectivity index (χ4n) is 3.13. The predicted octanol–water partition coefficient (Wildman–Crippen LogP) is 3.66. The van der Waals surface area contributed by atoms with E-state index in [1.807, 2.05) is 6.92 Å². The molecule has 1 aromatic carbocycles. The lowest BCUT2D eigenvalue weighted by Crippen LogP contribution is -2.32. The first-order chi connectivity index (χ1) is 10.7. The van der Waals surface area contributed by atoms with Gasteiger partial charge in [-0.25, -0.2) is 0 Å². The minimum absolute atomic E-state index is 0.0267. The van der Waals surface area contributed by atoms with Crippen LogP contribution in [0.5, 0.6) is 0 Å². The van der Waals surface area contributed by atoms with Crippen molar-refractivity contribution >= 4 is 11.9 Å². The van der Waals surface area contributed by atoms with Gasteiger partial charge in [0, 0.05) is 5.92 Å². The Morgan fingerprint density at radius 1 is 1.13 bits per heavy atom. The third-order valence-electron chi connectivity index (χ3n) is 4.79. The van der Waals surface area contributed by atoms with Crippen LogP contribution in [0.15, 0.2) is 24.3 Å². The number of carbonyl (C=O) groups excluding carboxylic acids is 1. The monoisotopic (exact) mass is 317 g/mol. The number of nitrogens with one attached hydrogen (secondary N) is 1. The topological polar surface area (TPSA) is 66.4 Å². The van der Waals surface area contributed by atoms with E-state index >= 15 is 0 Å². The van der Waals surface area contributed by atoms with E-state index in [-0.39, 0.29) is 29.2 Å². The number of amides is 1. The molecule has 1 aliphatic carbocycles. The summed E-state index contributed by atoms with van der Waals surface area (Å²) in [6, 6.07) is 8.25. The molecule has 23 heavy (non-hydrogen) atoms. The third-order valence-corrected chi connectivity index (χ3v) is 4.79. The standard InChI is InChI=1S/C19H27NO3/c1-12(13-7-9-16(10-8-13)19(2,3)4)20-17(21)14-5-6-15(11-14)18(22)23/h7-10,12,14-15H,5-6,11H2,1-4H3,(H,20,21)(H,22,23)/t12?,14-,15+/m1/s1. The molecule has 4 nitrogen and oxygen atoms in total. The van der Waals surface area contributed by atoms with Gasteiger partial charge in [0.05, 0.1) is 12.0 Å². The molecule has 126 valence electrons. The van der Waals surface area contributed by atoms with E-state index in [1.165, 1.54) is 5.56 Å². The summed E-state index contributed by atoms with van der Waals surface area (Å²) in [5.74, 6) is -1.35. The van der Waals surface area contributed by atoms with E-state index < -0.39 is 5.97 Å². The number of rotatable bonds is 4. The van der Waals surface area contributed by atoms with Crippen LogP contribution in [-0.2, 0) is 15.0 Å². The highest BCUT2D eigenvalue weighted by Crippen LogP contribution is 2.32. The highest BCUT2D eigenvalue weighted by Gasteiger charge is 2.34. The van der Waals surface area contributed by atoms with Crippen LogP contribution in [0.4, 0.5) is 0 Å². The molecular weight excluding hydrogens is 290 g/mol. The zero-order valence-corrected chi connectivity index (χ0v) is 14.4. The first kappa shape index (κ1) is 17.5. The molecule has 0 saturated heterocycles. The molecule has 1 fully saturated rings. The van der Waals surface area contributed by atoms with Gasteiger partial charge in [-0.05, 0) is 42.7 Å². The molecule has 2 rings (SSSR count). The summed E-state index contributed by atoms with van der Waals surface area (Å²) in [5.41, 5.74) is 2.44. The molecule has 0 aliphatic heterocycles. The first-order valence-corrected chi connectivity index (χ1v) is 8.32. The number of carbonyl (C=O) groups is 2. The largest absolute Gasteiger partial charge is 0.481 e. The van der Waals surface area contributed by atoms with Crippen molar-refractivity contribution in [3.05, 3.63) is 35.4 Å². The lowest BCUT2D eigenvalue weighted by Gasteiger charge is -2.21. The summed E-state index contributed by atoms with van der Waals surface area (Å²) < 4.78 is 0. The summed E-state index contributed by atoms with van der Waals surface area (Å²) in [5, 5.41) is 12.1. The number of hydrogen-bond donors (Lipinski definition) is 2. The van der Waals surface area contributed by atoms with Gasteiger partial charge in [0.1, 0.15) is 0 Å². The third kappa shape index (κ3) is 4.34. The summed E-state index contributed by atoms with van der Waals surface area (Å²) in [6.45, 7) is 8.48. The Morgan fingerprint density at radius 2 is 1.70 bits per heavy atom. The number of carboxylic acid groups (broad SMARTS) is 1. The molecule has 1 unspecified atom stereocenters. The van der Waals surface area contributed by atoms with Gasteiger partial charge < -0.3 is 10.4 Å². The van der Waals surface area contributed by atoms with Gasteiger partial charge in [0.15, 0.2) is 0 Å². The molecule has 0 bridgehead atoms. The van der Waals surface area contributed by atoms with Crippen molar-refractivity contribution in [3.8, 4) is 0 Å². The molecule has 1 amide bonds. The number of aliphatic carboxylic acids is 1. The van der Waals surface area contributed by atoms with Crippen molar-refractivity contribution in [2.45, 2.75) is 58.4 Å². The van der Waals surface area contributed by atoms with Crippen LogP contribution in [0.1, 0.15) is 64.1 Å². The van der Waals surface area contributed by atoms with Gasteiger partial charge >= 0.3 is 5.97 Å². The van der Waals surface area contributed by atoms with Crippen LogP contribution >= 0.6 is 0 Å². The molecule has 0 radical (unpaired) electrons. The second-order valence-electron chi connectivity index (χ2n) is 7.65. The normalized spacial score (nSPS) is 22.6. The average molecular weight is 317 g/mol. The van der Waals surface area contributed by atoms with Crippen molar-refractivity contribution in [2.75, 3.05) is 0 Å². The molecule has 4 heteroatoms. The predicted molar refractivity (Wildman–Crippen MR) is 90.2 cm³/mol. The Hall–Kier alpha value is -1.84. The van der Waals surface area contributed by atoms with Crippen LogP contribution in [0.3, 0.4) is 0 Å². The second-order valence-corrected chi connectivity index (χ2v) is 7.65. The number of benzene rings is 1. The fraction of sp³-hybridized carbons (Fsp3) is 0.579. The molecular formula is C19H27NO3. The maximum atomic E-state index is 12.3. The smallest absolute Gasteiger partial charge is 0.306 e. The van der Waals surface area contributed by atoms with Crippen molar-refractivity contribution in [3.63, 3.8) is 0 Å². The molecule has 3 atom stereocenters. The van der Waals surface area contributed by atoms with E-state index in [9.17, 15) is 9.59 Å². The summed E-state index contributed by atoms with van der Waals surface area (Å²) >= 11 is 0. The van der Waals surface area contributed by atoms with Crippen molar-refractivity contribution < 1.29 is 14.7 Å². The Balaban J connectivity index is 1.95. The minimum atomic E-state index is -0.786. The van der Waals surface area contributed by atoms with E-state index in [1.54, 1.807) is 0 Å². The molecule has 1 aromatic rings. The number of hydrogen-bond acceptors (Lipinski definition) is 2. The quantitative estimate of drug-likeness (QED) is 0.890. The second kappa shape index (κ2) is 6.73. The molecule has 2 N–H and O–H groups in total. The zero-order valence-electron chi connectivity index (χ0n) is 14.4. The number of carboxylic acids is 1. The molecule has 0 aromatic heterocycles. The van der Waals surface area contributed by atoms with Gasteiger partial charge in [-0.3, -0.25) is 9.59 Å². The highest BCUT2D eigenvalue weighted by atomic mass is 16.4. The van der Waals surface area contributed by atoms with Crippen LogP contribution in [-0.4, -0.2) is 17.0 Å². The van der Waals surface area contributed by atoms with Crippen LogP contribution < -0.4 is 5.32 Å². The van der Waals surface area contributed by atoms with Crippen molar-refractivity contribution in [1.82, 2.24) is 5.32 Å². The Bertz CT molecular complexity index is 571. The van der Waals surface area contributed by atoms with E-state index in [0.29, 0.717) is 19.3 Å². The zero-order chi connectivity index (χ0) is 17.2. The minimum Gasteiger partial charge on any atom is -0.481 e. The first-order valence-electron chi connectivity index (χ1n) is 8.32. The Labute approximate surface area is 138 Å². The van der Waals surface area contributed by atoms with Gasteiger partial charge in [-0.2, -0.15) is 0 Å². The molecule has 1 aliphatic rings. The van der Waals surface area contributed by atoms with Gasteiger partial charge in [-0.15, -0.1) is 0 Å². The van der Waals surface area contributed by atoms with Gasteiger partial charge in [0.25, 0.3) is 0 Å². The van der Waals surface area contributed by atoms with E-state index in [2.05, 4.69) is 50.4 Å². The maximum Gasteiger partial charge on any atom is 0.306 e. The lowest BCUT2D eigenvalue weighted by molar-refractivity contribution is -0.141. The maximum absolute atomic E-state index is 12.3. The summed E-state index contributed by atoms with van der Waals surface area (Å²) in [6.07, 6.45) is 1.72. The Morgan fingerprint density at radius 3 is 2.17 bits per heavy atom. The average Bonchev–Trinajstić information content (AvgIpc) is 2.96. The van der Waals surface area contributed by atoms with E-state index in [0.717, 1.165) is 5.56 Å². The lowest BCUT2D eigenvalue weighted by atomic mass is 9.86. The highest BCUT2D eigenvalue weighted by molar-refractivity contribution is 5.81.